The van der Waals surface area contributed by atoms with E-state index in [-0.39, 0.29) is 12.6 Å². The van der Waals surface area contributed by atoms with Crippen molar-refractivity contribution in [1.29, 1.82) is 0 Å². The molecule has 1 N–H and O–H groups in total. The molecule has 0 aliphatic carbocycles. The second-order valence-electron chi connectivity index (χ2n) is 6.19. The first-order chi connectivity index (χ1) is 11.8. The van der Waals surface area contributed by atoms with Crippen molar-refractivity contribution < 1.29 is 9.84 Å². The monoisotopic (exact) mass is 326 g/mol. The highest BCUT2D eigenvalue weighted by Gasteiger charge is 2.26. The zero-order chi connectivity index (χ0) is 16.8. The maximum Gasteiger partial charge on any atom is 0.118 e. The number of aliphatic hydroxyl groups is 1. The third kappa shape index (κ3) is 3.96. The molecule has 1 heterocycles. The summed E-state index contributed by atoms with van der Waals surface area (Å²) >= 11 is 0. The molecule has 1 fully saturated rings. The average molecular weight is 326 g/mol. The van der Waals surface area contributed by atoms with E-state index in [0.29, 0.717) is 0 Å². The predicted molar refractivity (Wildman–Crippen MR) is 96.4 cm³/mol. The zero-order valence-corrected chi connectivity index (χ0v) is 14.3. The van der Waals surface area contributed by atoms with E-state index in [9.17, 15) is 0 Å². The van der Waals surface area contributed by atoms with Crippen LogP contribution in [0.2, 0.25) is 0 Å². The highest BCUT2D eigenvalue weighted by molar-refractivity contribution is 5.35. The minimum atomic E-state index is 0.237. The van der Waals surface area contributed by atoms with E-state index in [2.05, 4.69) is 52.3 Å². The van der Waals surface area contributed by atoms with E-state index in [0.717, 1.165) is 38.5 Å². The van der Waals surface area contributed by atoms with Gasteiger partial charge in [0.15, 0.2) is 0 Å². The van der Waals surface area contributed by atoms with Crippen LogP contribution < -0.4 is 4.74 Å². The fraction of sp³-hybridized carbons (Fsp3) is 0.400. The van der Waals surface area contributed by atoms with Gasteiger partial charge in [-0.1, -0.05) is 42.5 Å². The number of ether oxygens (including phenoxy) is 1. The first kappa shape index (κ1) is 17.0. The quantitative estimate of drug-likeness (QED) is 0.884. The Hall–Kier alpha value is -1.88. The first-order valence-corrected chi connectivity index (χ1v) is 8.58. The summed E-state index contributed by atoms with van der Waals surface area (Å²) in [4.78, 5) is 4.86. The molecule has 2 aromatic rings. The molecule has 0 aromatic heterocycles. The smallest absolute Gasteiger partial charge is 0.118 e. The van der Waals surface area contributed by atoms with Crippen molar-refractivity contribution in [3.63, 3.8) is 0 Å². The highest BCUT2D eigenvalue weighted by atomic mass is 16.5. The van der Waals surface area contributed by atoms with Gasteiger partial charge in [-0.2, -0.15) is 0 Å². The van der Waals surface area contributed by atoms with Crippen LogP contribution in [-0.4, -0.2) is 61.3 Å². The van der Waals surface area contributed by atoms with E-state index in [4.69, 9.17) is 9.84 Å². The largest absolute Gasteiger partial charge is 0.497 e. The van der Waals surface area contributed by atoms with Gasteiger partial charge in [-0.15, -0.1) is 0 Å². The number of rotatable bonds is 6. The molecule has 0 saturated carbocycles. The van der Waals surface area contributed by atoms with Crippen LogP contribution in [0.25, 0.3) is 0 Å². The molecule has 1 saturated heterocycles. The molecular formula is C20H26N2O2. The number of hydrogen-bond acceptors (Lipinski definition) is 4. The lowest BCUT2D eigenvalue weighted by molar-refractivity contribution is 0.0944. The maximum absolute atomic E-state index is 9.13. The molecule has 4 heteroatoms. The number of methoxy groups -OCH3 is 1. The Morgan fingerprint density at radius 3 is 2.12 bits per heavy atom. The Morgan fingerprint density at radius 2 is 1.54 bits per heavy atom. The summed E-state index contributed by atoms with van der Waals surface area (Å²) in [6, 6.07) is 19.3. The molecule has 1 aliphatic rings. The summed E-state index contributed by atoms with van der Waals surface area (Å²) in [6.07, 6.45) is 0. The fourth-order valence-corrected chi connectivity index (χ4v) is 3.42. The molecule has 1 aliphatic heterocycles. The van der Waals surface area contributed by atoms with E-state index in [1.165, 1.54) is 11.1 Å². The Bertz CT molecular complexity index is 607. The molecule has 0 spiro atoms. The fourth-order valence-electron chi connectivity index (χ4n) is 3.42. The summed E-state index contributed by atoms with van der Waals surface area (Å²) in [5, 5.41) is 9.13. The van der Waals surface area contributed by atoms with Crippen molar-refractivity contribution in [2.24, 2.45) is 0 Å². The molecule has 3 rings (SSSR count). The van der Waals surface area contributed by atoms with E-state index < -0.39 is 0 Å². The SMILES string of the molecule is COc1ccc(C(c2ccccc2)N2CCN(CCO)CC2)cc1. The second kappa shape index (κ2) is 8.29. The van der Waals surface area contributed by atoms with Gasteiger partial charge in [-0.05, 0) is 23.3 Å². The number of nitrogens with zero attached hydrogens (tertiary/aromatic N) is 2. The molecule has 0 radical (unpaired) electrons. The van der Waals surface area contributed by atoms with E-state index >= 15 is 0 Å². The number of β-amino-alcohol motifs (C(OH)–C–C–N with tert-alkyl or cyclic N) is 1. The summed E-state index contributed by atoms with van der Waals surface area (Å²) in [5.74, 6) is 0.887. The molecule has 0 amide bonds. The number of aliphatic hydroxyl groups excluding tert-OH is 1. The van der Waals surface area contributed by atoms with Gasteiger partial charge in [-0.3, -0.25) is 9.80 Å². The molecule has 24 heavy (non-hydrogen) atoms. The van der Waals surface area contributed by atoms with Crippen molar-refractivity contribution in [2.45, 2.75) is 6.04 Å². The molecule has 1 unspecified atom stereocenters. The molecule has 0 bridgehead atoms. The van der Waals surface area contributed by atoms with Crippen molar-refractivity contribution in [3.05, 3.63) is 65.7 Å². The molecular weight excluding hydrogens is 300 g/mol. The molecule has 4 nitrogen and oxygen atoms in total. The lowest BCUT2D eigenvalue weighted by Gasteiger charge is -2.39. The summed E-state index contributed by atoms with van der Waals surface area (Å²) in [5.41, 5.74) is 2.61. The van der Waals surface area contributed by atoms with Gasteiger partial charge < -0.3 is 9.84 Å². The lowest BCUT2D eigenvalue weighted by Crippen LogP contribution is -2.48. The van der Waals surface area contributed by atoms with Gasteiger partial charge in [0.25, 0.3) is 0 Å². The van der Waals surface area contributed by atoms with Crippen LogP contribution in [-0.2, 0) is 0 Å². The summed E-state index contributed by atoms with van der Waals surface area (Å²) in [6.45, 7) is 5.02. The minimum Gasteiger partial charge on any atom is -0.497 e. The predicted octanol–water partition coefficient (Wildman–Crippen LogP) is 2.39. The molecule has 1 atom stereocenters. The second-order valence-corrected chi connectivity index (χ2v) is 6.19. The number of hydrogen-bond donors (Lipinski definition) is 1. The van der Waals surface area contributed by atoms with Gasteiger partial charge in [-0.25, -0.2) is 0 Å². The van der Waals surface area contributed by atoms with Crippen LogP contribution in [0, 0.1) is 0 Å². The summed E-state index contributed by atoms with van der Waals surface area (Å²) in [7, 11) is 1.70. The van der Waals surface area contributed by atoms with Crippen molar-refractivity contribution >= 4 is 0 Å². The lowest BCUT2D eigenvalue weighted by atomic mass is 9.96. The highest BCUT2D eigenvalue weighted by Crippen LogP contribution is 2.30. The summed E-state index contributed by atoms with van der Waals surface area (Å²) < 4.78 is 5.30. The minimum absolute atomic E-state index is 0.237. The van der Waals surface area contributed by atoms with Gasteiger partial charge in [0.05, 0.1) is 19.8 Å². The third-order valence-electron chi connectivity index (χ3n) is 4.74. The average Bonchev–Trinajstić information content (AvgIpc) is 2.65. The van der Waals surface area contributed by atoms with Crippen LogP contribution in [0.15, 0.2) is 54.6 Å². The van der Waals surface area contributed by atoms with Gasteiger partial charge in [0.2, 0.25) is 0 Å². The normalized spacial score (nSPS) is 17.6. The molecule has 128 valence electrons. The van der Waals surface area contributed by atoms with Gasteiger partial charge >= 0.3 is 0 Å². The van der Waals surface area contributed by atoms with Crippen LogP contribution >= 0.6 is 0 Å². The van der Waals surface area contributed by atoms with Crippen LogP contribution in [0.5, 0.6) is 5.75 Å². The molecule has 2 aromatic carbocycles. The Kier molecular flexibility index (Phi) is 5.86. The third-order valence-corrected chi connectivity index (χ3v) is 4.74. The standard InChI is InChI=1S/C20H26N2O2/c1-24-19-9-7-18(8-10-19)20(17-5-3-2-4-6-17)22-13-11-21(12-14-22)15-16-23/h2-10,20,23H,11-16H2,1H3. The van der Waals surface area contributed by atoms with Crippen molar-refractivity contribution in [1.82, 2.24) is 9.80 Å². The number of piperazine rings is 1. The van der Waals surface area contributed by atoms with Crippen LogP contribution in [0.3, 0.4) is 0 Å². The van der Waals surface area contributed by atoms with Gasteiger partial charge in [0, 0.05) is 32.7 Å². The Balaban J connectivity index is 1.83. The van der Waals surface area contributed by atoms with Crippen LogP contribution in [0.1, 0.15) is 17.2 Å². The van der Waals surface area contributed by atoms with Crippen molar-refractivity contribution in [3.8, 4) is 5.75 Å². The van der Waals surface area contributed by atoms with E-state index in [1.807, 2.05) is 12.1 Å². The van der Waals surface area contributed by atoms with Gasteiger partial charge in [0.1, 0.15) is 5.75 Å². The van der Waals surface area contributed by atoms with Crippen LogP contribution in [0.4, 0.5) is 0 Å². The zero-order valence-electron chi connectivity index (χ0n) is 14.3. The number of benzene rings is 2. The topological polar surface area (TPSA) is 35.9 Å². The first-order valence-electron chi connectivity index (χ1n) is 8.58. The maximum atomic E-state index is 9.13. The van der Waals surface area contributed by atoms with E-state index in [1.54, 1.807) is 7.11 Å². The van der Waals surface area contributed by atoms with Crippen molar-refractivity contribution in [2.75, 3.05) is 46.4 Å². The Labute approximate surface area is 144 Å². The Morgan fingerprint density at radius 1 is 0.917 bits per heavy atom.